The highest BCUT2D eigenvalue weighted by molar-refractivity contribution is 9.10. The summed E-state index contributed by atoms with van der Waals surface area (Å²) in [5.41, 5.74) is 0.910. The fraction of sp³-hybridized carbons (Fsp3) is 0.286. The average molecular weight is 493 g/mol. The maximum Gasteiger partial charge on any atom is 0.262 e. The van der Waals surface area contributed by atoms with E-state index in [9.17, 15) is 9.59 Å². The number of rotatable bonds is 9. The van der Waals surface area contributed by atoms with E-state index in [0.717, 1.165) is 4.47 Å². The maximum atomic E-state index is 13.0. The molecule has 0 radical (unpaired) electrons. The minimum absolute atomic E-state index is 0.107. The van der Waals surface area contributed by atoms with Crippen molar-refractivity contribution in [3.05, 3.63) is 56.8 Å². The summed E-state index contributed by atoms with van der Waals surface area (Å²) in [7, 11) is 4.63. The number of fused-ring (bicyclic) bond motifs is 1. The third-order valence-corrected chi connectivity index (χ3v) is 5.91. The molecule has 0 saturated heterocycles. The van der Waals surface area contributed by atoms with E-state index >= 15 is 0 Å². The molecule has 0 saturated carbocycles. The molecular weight excluding hydrogens is 472 g/mol. The fourth-order valence-corrected chi connectivity index (χ4v) is 4.17. The quantitative estimate of drug-likeness (QED) is 0.255. The van der Waals surface area contributed by atoms with Gasteiger partial charge in [0.25, 0.3) is 5.56 Å². The lowest BCUT2D eigenvalue weighted by molar-refractivity contribution is 0.102. The zero-order valence-electron chi connectivity index (χ0n) is 16.8. The SMILES string of the molecule is COCCn1c(SCC(=O)c2ccc(OC)c(OC)c2)nc2ccc(Br)cc2c1=O. The zero-order chi connectivity index (χ0) is 21.7. The number of carbonyl (C=O) groups excluding carboxylic acids is 1. The molecule has 0 aliphatic carbocycles. The van der Waals surface area contributed by atoms with Crippen molar-refractivity contribution in [2.24, 2.45) is 0 Å². The molecule has 158 valence electrons. The molecule has 0 unspecified atom stereocenters. The molecule has 9 heteroatoms. The number of halogens is 1. The maximum absolute atomic E-state index is 13.0. The van der Waals surface area contributed by atoms with Crippen molar-refractivity contribution < 1.29 is 19.0 Å². The Morgan fingerprint density at radius 3 is 2.57 bits per heavy atom. The first-order chi connectivity index (χ1) is 14.5. The molecule has 30 heavy (non-hydrogen) atoms. The summed E-state index contributed by atoms with van der Waals surface area (Å²) in [6.07, 6.45) is 0. The molecule has 1 heterocycles. The van der Waals surface area contributed by atoms with Crippen molar-refractivity contribution >= 4 is 44.4 Å². The van der Waals surface area contributed by atoms with E-state index in [2.05, 4.69) is 20.9 Å². The third kappa shape index (κ3) is 4.85. The predicted octanol–water partition coefficient (Wildman–Crippen LogP) is 3.80. The molecule has 1 aromatic heterocycles. The lowest BCUT2D eigenvalue weighted by Crippen LogP contribution is -2.25. The minimum atomic E-state index is -0.167. The van der Waals surface area contributed by atoms with Crippen LogP contribution in [-0.4, -0.2) is 49.0 Å². The topological polar surface area (TPSA) is 79.7 Å². The highest BCUT2D eigenvalue weighted by Gasteiger charge is 2.16. The Morgan fingerprint density at radius 1 is 1.10 bits per heavy atom. The lowest BCUT2D eigenvalue weighted by Gasteiger charge is -2.13. The number of thioether (sulfide) groups is 1. The second-order valence-corrected chi connectivity index (χ2v) is 8.15. The molecule has 0 atom stereocenters. The van der Waals surface area contributed by atoms with E-state index in [1.165, 1.54) is 18.9 Å². The second-order valence-electron chi connectivity index (χ2n) is 6.29. The number of methoxy groups -OCH3 is 3. The van der Waals surface area contributed by atoms with Crippen LogP contribution in [0.4, 0.5) is 0 Å². The summed E-state index contributed by atoms with van der Waals surface area (Å²) in [6.45, 7) is 0.704. The molecule has 0 spiro atoms. The van der Waals surface area contributed by atoms with Gasteiger partial charge < -0.3 is 14.2 Å². The van der Waals surface area contributed by atoms with Crippen LogP contribution in [0.3, 0.4) is 0 Å². The van der Waals surface area contributed by atoms with Crippen LogP contribution in [0.1, 0.15) is 10.4 Å². The number of hydrogen-bond donors (Lipinski definition) is 0. The summed E-state index contributed by atoms with van der Waals surface area (Å²) in [6, 6.07) is 10.4. The van der Waals surface area contributed by atoms with Crippen LogP contribution in [0, 0.1) is 0 Å². The summed E-state index contributed by atoms with van der Waals surface area (Å²) >= 11 is 4.61. The van der Waals surface area contributed by atoms with Gasteiger partial charge in [0.1, 0.15) is 0 Å². The van der Waals surface area contributed by atoms with Gasteiger partial charge in [0, 0.05) is 17.1 Å². The van der Waals surface area contributed by atoms with Crippen molar-refractivity contribution in [1.82, 2.24) is 9.55 Å². The zero-order valence-corrected chi connectivity index (χ0v) is 19.2. The molecule has 0 aliphatic heterocycles. The Morgan fingerprint density at radius 2 is 1.87 bits per heavy atom. The van der Waals surface area contributed by atoms with Gasteiger partial charge in [-0.05, 0) is 36.4 Å². The molecule has 3 rings (SSSR count). The van der Waals surface area contributed by atoms with E-state index in [4.69, 9.17) is 14.2 Å². The summed E-state index contributed by atoms with van der Waals surface area (Å²) < 4.78 is 18.0. The summed E-state index contributed by atoms with van der Waals surface area (Å²) in [5, 5.41) is 0.983. The molecule has 3 aromatic rings. The predicted molar refractivity (Wildman–Crippen MR) is 120 cm³/mol. The van der Waals surface area contributed by atoms with Gasteiger partial charge in [-0.1, -0.05) is 27.7 Å². The number of carbonyl (C=O) groups is 1. The first kappa shape index (κ1) is 22.3. The third-order valence-electron chi connectivity index (χ3n) is 4.44. The Bertz CT molecular complexity index is 1130. The van der Waals surface area contributed by atoms with Crippen LogP contribution < -0.4 is 15.0 Å². The lowest BCUT2D eigenvalue weighted by atomic mass is 10.1. The van der Waals surface area contributed by atoms with Crippen molar-refractivity contribution in [1.29, 1.82) is 0 Å². The van der Waals surface area contributed by atoms with Crippen LogP contribution >= 0.6 is 27.7 Å². The van der Waals surface area contributed by atoms with Gasteiger partial charge >= 0.3 is 0 Å². The van der Waals surface area contributed by atoms with Gasteiger partial charge in [-0.2, -0.15) is 0 Å². The van der Waals surface area contributed by atoms with Gasteiger partial charge in [-0.3, -0.25) is 14.2 Å². The minimum Gasteiger partial charge on any atom is -0.493 e. The molecule has 0 amide bonds. The van der Waals surface area contributed by atoms with Crippen molar-refractivity contribution in [2.75, 3.05) is 33.7 Å². The first-order valence-corrected chi connectivity index (χ1v) is 10.8. The summed E-state index contributed by atoms with van der Waals surface area (Å²) in [5.74, 6) is 1.05. The summed E-state index contributed by atoms with van der Waals surface area (Å²) in [4.78, 5) is 30.3. The highest BCUT2D eigenvalue weighted by Crippen LogP contribution is 2.28. The highest BCUT2D eigenvalue weighted by atomic mass is 79.9. The number of ketones is 1. The van der Waals surface area contributed by atoms with Crippen LogP contribution in [0.25, 0.3) is 10.9 Å². The molecule has 2 aromatic carbocycles. The average Bonchev–Trinajstić information content (AvgIpc) is 2.76. The molecule has 0 N–H and O–H groups in total. The van der Waals surface area contributed by atoms with Crippen molar-refractivity contribution in [3.63, 3.8) is 0 Å². The van der Waals surface area contributed by atoms with Gasteiger partial charge in [-0.15, -0.1) is 0 Å². The van der Waals surface area contributed by atoms with Gasteiger partial charge in [0.15, 0.2) is 22.4 Å². The Balaban J connectivity index is 1.90. The largest absolute Gasteiger partial charge is 0.493 e. The first-order valence-electron chi connectivity index (χ1n) is 9.05. The van der Waals surface area contributed by atoms with E-state index in [0.29, 0.717) is 46.3 Å². The standard InChI is InChI=1S/C21H21BrN2O5S/c1-27-9-8-24-20(26)15-11-14(22)5-6-16(15)23-21(24)30-12-17(25)13-4-7-18(28-2)19(10-13)29-3/h4-7,10-11H,8-9,12H2,1-3H3. The molecule has 0 aliphatic rings. The number of nitrogens with zero attached hydrogens (tertiary/aromatic N) is 2. The Hall–Kier alpha value is -2.36. The molecule has 0 fully saturated rings. The van der Waals surface area contributed by atoms with Crippen LogP contribution in [0.2, 0.25) is 0 Å². The Kier molecular flexibility index (Phi) is 7.52. The van der Waals surface area contributed by atoms with E-state index in [-0.39, 0.29) is 17.1 Å². The molecule has 0 bridgehead atoms. The van der Waals surface area contributed by atoms with E-state index in [1.807, 2.05) is 6.07 Å². The van der Waals surface area contributed by atoms with Crippen molar-refractivity contribution in [3.8, 4) is 11.5 Å². The van der Waals surface area contributed by atoms with Crippen LogP contribution in [0.15, 0.2) is 50.8 Å². The molecular formula is C21H21BrN2O5S. The smallest absolute Gasteiger partial charge is 0.262 e. The monoisotopic (exact) mass is 492 g/mol. The fourth-order valence-electron chi connectivity index (χ4n) is 2.89. The number of benzene rings is 2. The van der Waals surface area contributed by atoms with E-state index in [1.54, 1.807) is 49.1 Å². The number of hydrogen-bond acceptors (Lipinski definition) is 7. The van der Waals surface area contributed by atoms with Gasteiger partial charge in [0.05, 0.1) is 44.0 Å². The molecule has 7 nitrogen and oxygen atoms in total. The van der Waals surface area contributed by atoms with E-state index < -0.39 is 0 Å². The number of aromatic nitrogens is 2. The van der Waals surface area contributed by atoms with Gasteiger partial charge in [-0.25, -0.2) is 4.98 Å². The van der Waals surface area contributed by atoms with Gasteiger partial charge in [0.2, 0.25) is 0 Å². The number of Topliss-reactive ketones (excluding diaryl/α,β-unsaturated/α-hetero) is 1. The van der Waals surface area contributed by atoms with Crippen LogP contribution in [0.5, 0.6) is 11.5 Å². The second kappa shape index (κ2) is 10.1. The number of ether oxygens (including phenoxy) is 3. The van der Waals surface area contributed by atoms with Crippen molar-refractivity contribution in [2.45, 2.75) is 11.7 Å². The Labute approximate surface area is 186 Å². The van der Waals surface area contributed by atoms with Crippen LogP contribution in [-0.2, 0) is 11.3 Å². The normalized spacial score (nSPS) is 10.9.